The molecular formula is C10H9ClN2OS. The van der Waals surface area contributed by atoms with E-state index < -0.39 is 0 Å². The molecule has 1 aliphatic heterocycles. The summed E-state index contributed by atoms with van der Waals surface area (Å²) < 4.78 is 5.51. The number of thiazole rings is 1. The Labute approximate surface area is 96.1 Å². The van der Waals surface area contributed by atoms with Crippen LogP contribution in [0.25, 0.3) is 0 Å². The predicted molar refractivity (Wildman–Crippen MR) is 59.4 cm³/mol. The Kier molecular flexibility index (Phi) is 2.27. The van der Waals surface area contributed by atoms with Gasteiger partial charge in [-0.05, 0) is 18.1 Å². The van der Waals surface area contributed by atoms with Crippen molar-refractivity contribution in [1.29, 1.82) is 0 Å². The summed E-state index contributed by atoms with van der Waals surface area (Å²) >= 11 is 7.58. The predicted octanol–water partition coefficient (Wildman–Crippen LogP) is 2.62. The monoisotopic (exact) mass is 240 g/mol. The van der Waals surface area contributed by atoms with Crippen LogP contribution >= 0.6 is 22.9 Å². The van der Waals surface area contributed by atoms with Crippen molar-refractivity contribution in [2.75, 3.05) is 6.54 Å². The van der Waals surface area contributed by atoms with Crippen molar-refractivity contribution in [1.82, 2.24) is 10.3 Å². The van der Waals surface area contributed by atoms with Gasteiger partial charge in [0.2, 0.25) is 0 Å². The van der Waals surface area contributed by atoms with E-state index in [4.69, 9.17) is 16.0 Å². The molecule has 1 aliphatic rings. The van der Waals surface area contributed by atoms with Crippen LogP contribution in [0.1, 0.15) is 22.2 Å². The molecule has 78 valence electrons. The van der Waals surface area contributed by atoms with Gasteiger partial charge in [0.15, 0.2) is 0 Å². The number of rotatable bonds is 1. The molecule has 3 heterocycles. The topological polar surface area (TPSA) is 38.1 Å². The molecule has 1 N–H and O–H groups in total. The van der Waals surface area contributed by atoms with Crippen molar-refractivity contribution in [2.45, 2.75) is 12.5 Å². The SMILES string of the molecule is Clc1ncsc1C1NCCc2ccoc21. The highest BCUT2D eigenvalue weighted by atomic mass is 35.5. The highest BCUT2D eigenvalue weighted by Gasteiger charge is 2.27. The number of hydrogen-bond acceptors (Lipinski definition) is 4. The van der Waals surface area contributed by atoms with Gasteiger partial charge in [0.05, 0.1) is 16.7 Å². The number of nitrogens with one attached hydrogen (secondary N) is 1. The van der Waals surface area contributed by atoms with Crippen LogP contribution in [0.3, 0.4) is 0 Å². The van der Waals surface area contributed by atoms with Gasteiger partial charge in [0.1, 0.15) is 17.0 Å². The lowest BCUT2D eigenvalue weighted by atomic mass is 10.0. The molecule has 0 fully saturated rings. The molecule has 15 heavy (non-hydrogen) atoms. The molecule has 0 spiro atoms. The molecule has 5 heteroatoms. The van der Waals surface area contributed by atoms with E-state index in [-0.39, 0.29) is 6.04 Å². The number of furan rings is 1. The van der Waals surface area contributed by atoms with E-state index in [1.54, 1.807) is 23.1 Å². The Hall–Kier alpha value is -0.840. The van der Waals surface area contributed by atoms with E-state index in [9.17, 15) is 0 Å². The van der Waals surface area contributed by atoms with Gasteiger partial charge < -0.3 is 9.73 Å². The van der Waals surface area contributed by atoms with E-state index in [1.165, 1.54) is 5.56 Å². The Bertz CT molecular complexity index is 479. The number of nitrogens with zero attached hydrogens (tertiary/aromatic N) is 1. The molecule has 0 aliphatic carbocycles. The summed E-state index contributed by atoms with van der Waals surface area (Å²) in [6.07, 6.45) is 2.75. The van der Waals surface area contributed by atoms with Crippen LogP contribution in [0, 0.1) is 0 Å². The van der Waals surface area contributed by atoms with Gasteiger partial charge >= 0.3 is 0 Å². The van der Waals surface area contributed by atoms with Crippen molar-refractivity contribution in [3.05, 3.63) is 39.2 Å². The molecule has 0 saturated carbocycles. The van der Waals surface area contributed by atoms with Crippen LogP contribution < -0.4 is 5.32 Å². The maximum Gasteiger partial charge on any atom is 0.145 e. The summed E-state index contributed by atoms with van der Waals surface area (Å²) in [6.45, 7) is 0.950. The number of aromatic nitrogens is 1. The van der Waals surface area contributed by atoms with Gasteiger partial charge in [0, 0.05) is 6.54 Å². The molecule has 3 rings (SSSR count). The van der Waals surface area contributed by atoms with E-state index >= 15 is 0 Å². The van der Waals surface area contributed by atoms with E-state index in [1.807, 2.05) is 6.07 Å². The summed E-state index contributed by atoms with van der Waals surface area (Å²) in [6, 6.07) is 2.10. The van der Waals surface area contributed by atoms with Crippen molar-refractivity contribution in [2.24, 2.45) is 0 Å². The third-order valence-corrected chi connectivity index (χ3v) is 3.90. The van der Waals surface area contributed by atoms with E-state index in [2.05, 4.69) is 10.3 Å². The molecule has 0 aromatic carbocycles. The molecular weight excluding hydrogens is 232 g/mol. The molecule has 1 atom stereocenters. The zero-order chi connectivity index (χ0) is 10.3. The average Bonchev–Trinajstić information content (AvgIpc) is 2.85. The number of fused-ring (bicyclic) bond motifs is 1. The van der Waals surface area contributed by atoms with Crippen LogP contribution in [-0.2, 0) is 6.42 Å². The van der Waals surface area contributed by atoms with Crippen LogP contribution in [0.5, 0.6) is 0 Å². The second-order valence-corrected chi connectivity index (χ2v) is 4.70. The lowest BCUT2D eigenvalue weighted by molar-refractivity contribution is 0.428. The summed E-state index contributed by atoms with van der Waals surface area (Å²) in [5.41, 5.74) is 3.03. The smallest absolute Gasteiger partial charge is 0.145 e. The Morgan fingerprint density at radius 3 is 3.33 bits per heavy atom. The Morgan fingerprint density at radius 2 is 2.53 bits per heavy atom. The van der Waals surface area contributed by atoms with Gasteiger partial charge in [-0.3, -0.25) is 0 Å². The van der Waals surface area contributed by atoms with Gasteiger partial charge in [-0.15, -0.1) is 11.3 Å². The van der Waals surface area contributed by atoms with Gasteiger partial charge in [-0.1, -0.05) is 11.6 Å². The van der Waals surface area contributed by atoms with Crippen LogP contribution in [0.4, 0.5) is 0 Å². The first kappa shape index (κ1) is 9.39. The van der Waals surface area contributed by atoms with Crippen molar-refractivity contribution < 1.29 is 4.42 Å². The lowest BCUT2D eigenvalue weighted by Crippen LogP contribution is -2.29. The van der Waals surface area contributed by atoms with Gasteiger partial charge in [0.25, 0.3) is 0 Å². The van der Waals surface area contributed by atoms with Gasteiger partial charge in [-0.25, -0.2) is 4.98 Å². The first-order valence-electron chi connectivity index (χ1n) is 4.75. The molecule has 3 nitrogen and oxygen atoms in total. The van der Waals surface area contributed by atoms with Crippen LogP contribution in [-0.4, -0.2) is 11.5 Å². The maximum absolute atomic E-state index is 6.02. The molecule has 0 saturated heterocycles. The largest absolute Gasteiger partial charge is 0.467 e. The van der Waals surface area contributed by atoms with Crippen molar-refractivity contribution in [3.8, 4) is 0 Å². The minimum atomic E-state index is 0.0729. The lowest BCUT2D eigenvalue weighted by Gasteiger charge is -2.21. The average molecular weight is 241 g/mol. The fourth-order valence-electron chi connectivity index (χ4n) is 1.89. The second kappa shape index (κ2) is 3.63. The third kappa shape index (κ3) is 1.49. The molecule has 2 aromatic rings. The van der Waals surface area contributed by atoms with Crippen LogP contribution in [0.15, 0.2) is 22.3 Å². The van der Waals surface area contributed by atoms with E-state index in [0.717, 1.165) is 23.6 Å². The first-order valence-corrected chi connectivity index (χ1v) is 6.00. The standard InChI is InChI=1S/C10H9ClN2OS/c11-10-9(15-5-13-10)7-8-6(1-3-12-7)2-4-14-8/h2,4-5,7,12H,1,3H2. The fourth-order valence-corrected chi connectivity index (χ4v) is 2.99. The quantitative estimate of drug-likeness (QED) is 0.833. The molecule has 0 bridgehead atoms. The van der Waals surface area contributed by atoms with Crippen molar-refractivity contribution in [3.63, 3.8) is 0 Å². The number of hydrogen-bond donors (Lipinski definition) is 1. The summed E-state index contributed by atoms with van der Waals surface area (Å²) in [5, 5.41) is 3.97. The molecule has 1 unspecified atom stereocenters. The Balaban J connectivity index is 2.07. The summed E-state index contributed by atoms with van der Waals surface area (Å²) in [5.74, 6) is 0.979. The zero-order valence-electron chi connectivity index (χ0n) is 7.87. The minimum absolute atomic E-state index is 0.0729. The van der Waals surface area contributed by atoms with Gasteiger partial charge in [-0.2, -0.15) is 0 Å². The number of halogens is 1. The van der Waals surface area contributed by atoms with Crippen LogP contribution in [0.2, 0.25) is 5.15 Å². The highest BCUT2D eigenvalue weighted by molar-refractivity contribution is 7.10. The van der Waals surface area contributed by atoms with Crippen molar-refractivity contribution >= 4 is 22.9 Å². The fraction of sp³-hybridized carbons (Fsp3) is 0.300. The summed E-state index contributed by atoms with van der Waals surface area (Å²) in [4.78, 5) is 5.09. The normalized spacial score (nSPS) is 20.2. The molecule has 2 aromatic heterocycles. The first-order chi connectivity index (χ1) is 7.36. The minimum Gasteiger partial charge on any atom is -0.467 e. The maximum atomic E-state index is 6.02. The molecule has 0 radical (unpaired) electrons. The molecule has 0 amide bonds. The second-order valence-electron chi connectivity index (χ2n) is 3.45. The summed E-state index contributed by atoms with van der Waals surface area (Å²) in [7, 11) is 0. The third-order valence-electron chi connectivity index (χ3n) is 2.60. The highest BCUT2D eigenvalue weighted by Crippen LogP contribution is 2.35. The van der Waals surface area contributed by atoms with E-state index in [0.29, 0.717) is 5.15 Å². The zero-order valence-corrected chi connectivity index (χ0v) is 9.44. The Morgan fingerprint density at radius 1 is 1.60 bits per heavy atom.